The van der Waals surface area contributed by atoms with Crippen molar-refractivity contribution in [1.82, 2.24) is 15.5 Å². The van der Waals surface area contributed by atoms with E-state index in [0.717, 1.165) is 5.69 Å². The second-order valence-corrected chi connectivity index (χ2v) is 4.66. The van der Waals surface area contributed by atoms with Gasteiger partial charge in [0.1, 0.15) is 0 Å². The summed E-state index contributed by atoms with van der Waals surface area (Å²) >= 11 is 0. The van der Waals surface area contributed by atoms with Crippen molar-refractivity contribution in [3.63, 3.8) is 0 Å². The van der Waals surface area contributed by atoms with Gasteiger partial charge < -0.3 is 20.9 Å². The van der Waals surface area contributed by atoms with Crippen molar-refractivity contribution in [2.45, 2.75) is 13.0 Å². The molecule has 0 heterocycles. The van der Waals surface area contributed by atoms with E-state index in [1.165, 1.54) is 4.90 Å². The van der Waals surface area contributed by atoms with E-state index in [9.17, 15) is 9.59 Å². The zero-order valence-corrected chi connectivity index (χ0v) is 12.1. The first-order chi connectivity index (χ1) is 9.50. The number of amides is 3. The van der Waals surface area contributed by atoms with Crippen molar-refractivity contribution >= 4 is 17.6 Å². The monoisotopic (exact) mass is 278 g/mol. The lowest BCUT2D eigenvalue weighted by molar-refractivity contribution is -0.117. The average Bonchev–Trinajstić information content (AvgIpc) is 2.43. The zero-order chi connectivity index (χ0) is 15.0. The van der Waals surface area contributed by atoms with Crippen LogP contribution in [0, 0.1) is 0 Å². The predicted octanol–water partition coefficient (Wildman–Crippen LogP) is 0.874. The zero-order valence-electron chi connectivity index (χ0n) is 12.1. The minimum atomic E-state index is -0.327. The fraction of sp³-hybridized carbons (Fsp3) is 0.429. The molecule has 1 aromatic rings. The highest BCUT2D eigenvalue weighted by Gasteiger charge is 2.11. The predicted molar refractivity (Wildman–Crippen MR) is 79.6 cm³/mol. The molecule has 110 valence electrons. The molecule has 0 bridgehead atoms. The van der Waals surface area contributed by atoms with Crippen LogP contribution in [0.15, 0.2) is 30.3 Å². The molecule has 0 fully saturated rings. The van der Waals surface area contributed by atoms with Crippen LogP contribution in [0.2, 0.25) is 0 Å². The number of carbonyl (C=O) groups is 2. The first-order valence-electron chi connectivity index (χ1n) is 6.55. The number of anilines is 1. The summed E-state index contributed by atoms with van der Waals surface area (Å²) in [4.78, 5) is 24.6. The van der Waals surface area contributed by atoms with E-state index in [4.69, 9.17) is 0 Å². The molecule has 1 aromatic carbocycles. The Morgan fingerprint density at radius 1 is 1.15 bits per heavy atom. The Kier molecular flexibility index (Phi) is 6.52. The molecule has 3 amide bonds. The van der Waals surface area contributed by atoms with E-state index in [2.05, 4.69) is 16.0 Å². The number of nitrogens with one attached hydrogen (secondary N) is 3. The first kappa shape index (κ1) is 16.0. The van der Waals surface area contributed by atoms with Gasteiger partial charge in [0.05, 0.1) is 6.04 Å². The van der Waals surface area contributed by atoms with Crippen molar-refractivity contribution in [2.75, 3.05) is 32.5 Å². The third-order valence-electron chi connectivity index (χ3n) is 2.69. The lowest BCUT2D eigenvalue weighted by Gasteiger charge is -2.15. The van der Waals surface area contributed by atoms with Crippen molar-refractivity contribution in [3.05, 3.63) is 30.3 Å². The van der Waals surface area contributed by atoms with Gasteiger partial charge in [-0.2, -0.15) is 0 Å². The number of para-hydroxylation sites is 1. The van der Waals surface area contributed by atoms with Crippen LogP contribution in [-0.2, 0) is 4.79 Å². The Morgan fingerprint density at radius 2 is 1.80 bits per heavy atom. The average molecular weight is 278 g/mol. The Hall–Kier alpha value is -2.08. The quantitative estimate of drug-likeness (QED) is 0.676. The molecule has 0 aliphatic carbocycles. The number of nitrogens with zero attached hydrogens (tertiary/aromatic N) is 1. The molecule has 0 aliphatic rings. The summed E-state index contributed by atoms with van der Waals surface area (Å²) < 4.78 is 0. The van der Waals surface area contributed by atoms with Gasteiger partial charge in [-0.3, -0.25) is 4.79 Å². The highest BCUT2D eigenvalue weighted by atomic mass is 16.2. The van der Waals surface area contributed by atoms with Gasteiger partial charge in [-0.15, -0.1) is 0 Å². The lowest BCUT2D eigenvalue weighted by atomic mass is 10.2. The van der Waals surface area contributed by atoms with Gasteiger partial charge in [0.25, 0.3) is 0 Å². The SMILES string of the molecule is CC(NCCNC(=O)N(C)C)C(=O)Nc1ccccc1. The lowest BCUT2D eigenvalue weighted by Crippen LogP contribution is -2.43. The summed E-state index contributed by atoms with van der Waals surface area (Å²) in [6, 6.07) is 8.82. The summed E-state index contributed by atoms with van der Waals surface area (Å²) in [6.07, 6.45) is 0. The highest BCUT2D eigenvalue weighted by molar-refractivity contribution is 5.94. The molecule has 0 saturated heterocycles. The van der Waals surface area contributed by atoms with Crippen molar-refractivity contribution in [1.29, 1.82) is 0 Å². The Morgan fingerprint density at radius 3 is 2.40 bits per heavy atom. The van der Waals surface area contributed by atoms with Crippen LogP contribution in [-0.4, -0.2) is 50.1 Å². The summed E-state index contributed by atoms with van der Waals surface area (Å²) in [7, 11) is 3.36. The molecule has 1 atom stereocenters. The minimum Gasteiger partial charge on any atom is -0.337 e. The fourth-order valence-electron chi connectivity index (χ4n) is 1.48. The Labute approximate surface area is 119 Å². The molecule has 6 nitrogen and oxygen atoms in total. The maximum Gasteiger partial charge on any atom is 0.316 e. The van der Waals surface area contributed by atoms with E-state index < -0.39 is 0 Å². The summed E-state index contributed by atoms with van der Waals surface area (Å²) in [5.41, 5.74) is 0.770. The van der Waals surface area contributed by atoms with Crippen LogP contribution < -0.4 is 16.0 Å². The molecule has 20 heavy (non-hydrogen) atoms. The van der Waals surface area contributed by atoms with Gasteiger partial charge in [-0.05, 0) is 19.1 Å². The molecule has 0 saturated carbocycles. The Balaban J connectivity index is 2.24. The molecular formula is C14H22N4O2. The van der Waals surface area contributed by atoms with Crippen LogP contribution >= 0.6 is 0 Å². The smallest absolute Gasteiger partial charge is 0.316 e. The van der Waals surface area contributed by atoms with Crippen LogP contribution in [0.4, 0.5) is 10.5 Å². The van der Waals surface area contributed by atoms with Crippen LogP contribution in [0.3, 0.4) is 0 Å². The third-order valence-corrected chi connectivity index (χ3v) is 2.69. The molecule has 1 rings (SSSR count). The van der Waals surface area contributed by atoms with Crippen LogP contribution in [0.1, 0.15) is 6.92 Å². The van der Waals surface area contributed by atoms with Gasteiger partial charge in [0, 0.05) is 32.9 Å². The number of benzene rings is 1. The first-order valence-corrected chi connectivity index (χ1v) is 6.55. The molecule has 6 heteroatoms. The van der Waals surface area contributed by atoms with Gasteiger partial charge in [-0.1, -0.05) is 18.2 Å². The third kappa shape index (κ3) is 5.71. The standard InChI is InChI=1S/C14H22N4O2/c1-11(15-9-10-16-14(20)18(2)3)13(19)17-12-7-5-4-6-8-12/h4-8,11,15H,9-10H2,1-3H3,(H,16,20)(H,17,19). The topological polar surface area (TPSA) is 73.5 Å². The molecule has 1 unspecified atom stereocenters. The van der Waals surface area contributed by atoms with Gasteiger partial charge in [-0.25, -0.2) is 4.79 Å². The number of carbonyl (C=O) groups excluding carboxylic acids is 2. The highest BCUT2D eigenvalue weighted by Crippen LogP contribution is 2.05. The fourth-order valence-corrected chi connectivity index (χ4v) is 1.48. The van der Waals surface area contributed by atoms with E-state index in [1.54, 1.807) is 21.0 Å². The molecule has 0 spiro atoms. The number of rotatable bonds is 6. The molecule has 0 aromatic heterocycles. The summed E-state index contributed by atoms with van der Waals surface area (Å²) in [5, 5.41) is 8.58. The van der Waals surface area contributed by atoms with Gasteiger partial charge in [0.15, 0.2) is 0 Å². The summed E-state index contributed by atoms with van der Waals surface area (Å²) in [5.74, 6) is -0.102. The Bertz CT molecular complexity index is 434. The largest absolute Gasteiger partial charge is 0.337 e. The number of urea groups is 1. The minimum absolute atomic E-state index is 0.102. The number of hydrogen-bond acceptors (Lipinski definition) is 3. The van der Waals surface area contributed by atoms with Gasteiger partial charge in [0.2, 0.25) is 5.91 Å². The molecule has 0 radical (unpaired) electrons. The molecular weight excluding hydrogens is 256 g/mol. The number of hydrogen-bond donors (Lipinski definition) is 3. The van der Waals surface area contributed by atoms with E-state index in [0.29, 0.717) is 13.1 Å². The van der Waals surface area contributed by atoms with E-state index in [-0.39, 0.29) is 18.0 Å². The van der Waals surface area contributed by atoms with Crippen LogP contribution in [0.5, 0.6) is 0 Å². The second-order valence-electron chi connectivity index (χ2n) is 4.66. The van der Waals surface area contributed by atoms with E-state index in [1.807, 2.05) is 30.3 Å². The van der Waals surface area contributed by atoms with Crippen molar-refractivity contribution in [2.24, 2.45) is 0 Å². The normalized spacial score (nSPS) is 11.6. The second kappa shape index (κ2) is 8.16. The van der Waals surface area contributed by atoms with Crippen LogP contribution in [0.25, 0.3) is 0 Å². The molecule has 0 aliphatic heterocycles. The van der Waals surface area contributed by atoms with Gasteiger partial charge >= 0.3 is 6.03 Å². The molecule has 3 N–H and O–H groups in total. The summed E-state index contributed by atoms with van der Waals surface area (Å²) in [6.45, 7) is 2.79. The maximum absolute atomic E-state index is 11.9. The maximum atomic E-state index is 11.9. The van der Waals surface area contributed by atoms with Crippen molar-refractivity contribution in [3.8, 4) is 0 Å². The van der Waals surface area contributed by atoms with Crippen molar-refractivity contribution < 1.29 is 9.59 Å². The van der Waals surface area contributed by atoms with E-state index >= 15 is 0 Å².